The Labute approximate surface area is 161 Å². The van der Waals surface area contributed by atoms with Crippen molar-refractivity contribution in [3.63, 3.8) is 0 Å². The van der Waals surface area contributed by atoms with Gasteiger partial charge in [-0.3, -0.25) is 4.79 Å². The molecule has 0 saturated carbocycles. The van der Waals surface area contributed by atoms with E-state index in [0.29, 0.717) is 0 Å². The van der Waals surface area contributed by atoms with E-state index in [1.54, 1.807) is 11.3 Å². The second-order valence-corrected chi connectivity index (χ2v) is 8.35. The fourth-order valence-electron chi connectivity index (χ4n) is 2.45. The number of rotatable bonds is 7. The van der Waals surface area contributed by atoms with Crippen LogP contribution < -0.4 is 5.32 Å². The Morgan fingerprint density at radius 1 is 1.27 bits per heavy atom. The van der Waals surface area contributed by atoms with Gasteiger partial charge in [-0.15, -0.1) is 21.5 Å². The minimum absolute atomic E-state index is 0.0398. The van der Waals surface area contributed by atoms with Gasteiger partial charge in [0.15, 0.2) is 5.16 Å². The number of thioether (sulfide) groups is 1. The largest absolute Gasteiger partial charge is 0.325 e. The van der Waals surface area contributed by atoms with Crippen molar-refractivity contribution in [3.05, 3.63) is 58.0 Å². The van der Waals surface area contributed by atoms with Crippen molar-refractivity contribution in [1.82, 2.24) is 14.8 Å². The molecule has 0 saturated heterocycles. The number of carbonyl (C=O) groups excluding carboxylic acids is 1. The van der Waals surface area contributed by atoms with Crippen LogP contribution in [0.5, 0.6) is 0 Å². The van der Waals surface area contributed by atoms with Crippen LogP contribution in [-0.4, -0.2) is 25.9 Å². The molecule has 1 atom stereocenters. The monoisotopic (exact) mass is 386 g/mol. The summed E-state index contributed by atoms with van der Waals surface area (Å²) in [5.41, 5.74) is 2.07. The summed E-state index contributed by atoms with van der Waals surface area (Å²) in [6, 6.07) is 12.1. The number of nitrogens with one attached hydrogen (secondary N) is 1. The summed E-state index contributed by atoms with van der Waals surface area (Å²) >= 11 is 3.13. The molecule has 0 unspecified atom stereocenters. The zero-order valence-corrected chi connectivity index (χ0v) is 16.7. The molecule has 0 aliphatic heterocycles. The number of amides is 1. The molecule has 1 aromatic carbocycles. The molecule has 3 aromatic rings. The molecular formula is C19H22N4OS2. The molecule has 0 spiro atoms. The maximum atomic E-state index is 12.5. The first-order valence-corrected chi connectivity index (χ1v) is 10.3. The van der Waals surface area contributed by atoms with Gasteiger partial charge in [0.2, 0.25) is 5.91 Å². The molecule has 7 heteroatoms. The highest BCUT2D eigenvalue weighted by Crippen LogP contribution is 2.24. The molecule has 3 rings (SSSR count). The standard InChI is InChI=1S/C19H22N4OS2/c1-4-14-7-9-15(10-8-14)20-18(24)13(2)26-19-22-21-17(23(19)3)12-16-6-5-11-25-16/h5-11,13H,4,12H2,1-3H3,(H,20,24)/t13-/m0/s1. The first-order chi connectivity index (χ1) is 12.6. The van der Waals surface area contributed by atoms with Gasteiger partial charge in [-0.2, -0.15) is 0 Å². The number of benzene rings is 1. The van der Waals surface area contributed by atoms with Crippen molar-refractivity contribution < 1.29 is 4.79 Å². The Hall–Kier alpha value is -2.12. The molecule has 1 N–H and O–H groups in total. The highest BCUT2D eigenvalue weighted by Gasteiger charge is 2.19. The smallest absolute Gasteiger partial charge is 0.237 e. The van der Waals surface area contributed by atoms with E-state index in [0.717, 1.165) is 29.5 Å². The van der Waals surface area contributed by atoms with Gasteiger partial charge in [0, 0.05) is 24.0 Å². The summed E-state index contributed by atoms with van der Waals surface area (Å²) < 4.78 is 1.96. The normalized spacial score (nSPS) is 12.1. The molecule has 0 radical (unpaired) electrons. The summed E-state index contributed by atoms with van der Waals surface area (Å²) in [4.78, 5) is 13.7. The molecule has 0 aliphatic rings. The minimum atomic E-state index is -0.265. The first-order valence-electron chi connectivity index (χ1n) is 8.54. The fraction of sp³-hybridized carbons (Fsp3) is 0.316. The Kier molecular flexibility index (Phi) is 6.11. The highest BCUT2D eigenvalue weighted by molar-refractivity contribution is 8.00. The number of anilines is 1. The molecular weight excluding hydrogens is 364 g/mol. The van der Waals surface area contributed by atoms with Crippen LogP contribution in [0, 0.1) is 0 Å². The predicted octanol–water partition coefficient (Wildman–Crippen LogP) is 4.15. The fourth-order valence-corrected chi connectivity index (χ4v) is 3.99. The van der Waals surface area contributed by atoms with Crippen molar-refractivity contribution in [2.45, 2.75) is 37.1 Å². The van der Waals surface area contributed by atoms with Crippen molar-refractivity contribution >= 4 is 34.7 Å². The molecule has 2 aromatic heterocycles. The number of hydrogen-bond donors (Lipinski definition) is 1. The Balaban J connectivity index is 1.60. The lowest BCUT2D eigenvalue weighted by molar-refractivity contribution is -0.115. The maximum absolute atomic E-state index is 12.5. The van der Waals surface area contributed by atoms with Gasteiger partial charge in [-0.05, 0) is 42.5 Å². The Morgan fingerprint density at radius 3 is 2.69 bits per heavy atom. The van der Waals surface area contributed by atoms with Crippen molar-refractivity contribution in [2.24, 2.45) is 7.05 Å². The van der Waals surface area contributed by atoms with E-state index in [4.69, 9.17) is 0 Å². The Bertz CT molecular complexity index is 856. The average molecular weight is 387 g/mol. The summed E-state index contributed by atoms with van der Waals surface area (Å²) in [5.74, 6) is 0.861. The number of nitrogens with zero attached hydrogens (tertiary/aromatic N) is 3. The summed E-state index contributed by atoms with van der Waals surface area (Å²) in [6.07, 6.45) is 1.74. The molecule has 136 valence electrons. The average Bonchev–Trinajstić information content (AvgIpc) is 3.28. The maximum Gasteiger partial charge on any atom is 0.237 e. The molecule has 0 bridgehead atoms. The lowest BCUT2D eigenvalue weighted by atomic mass is 10.1. The number of hydrogen-bond acceptors (Lipinski definition) is 5. The zero-order valence-electron chi connectivity index (χ0n) is 15.1. The number of aryl methyl sites for hydroxylation is 1. The molecule has 0 aliphatic carbocycles. The molecule has 26 heavy (non-hydrogen) atoms. The van der Waals surface area contributed by atoms with Crippen LogP contribution >= 0.6 is 23.1 Å². The minimum Gasteiger partial charge on any atom is -0.325 e. The van der Waals surface area contributed by atoms with Gasteiger partial charge in [0.1, 0.15) is 5.82 Å². The topological polar surface area (TPSA) is 59.8 Å². The zero-order chi connectivity index (χ0) is 18.5. The van der Waals surface area contributed by atoms with E-state index in [-0.39, 0.29) is 11.2 Å². The molecule has 0 fully saturated rings. The lowest BCUT2D eigenvalue weighted by Gasteiger charge is -2.12. The van der Waals surface area contributed by atoms with Gasteiger partial charge in [0.25, 0.3) is 0 Å². The van der Waals surface area contributed by atoms with Gasteiger partial charge in [-0.25, -0.2) is 0 Å². The third kappa shape index (κ3) is 4.53. The second-order valence-electron chi connectivity index (χ2n) is 6.01. The van der Waals surface area contributed by atoms with Crippen LogP contribution in [0.25, 0.3) is 0 Å². The van der Waals surface area contributed by atoms with Crippen molar-refractivity contribution in [2.75, 3.05) is 5.32 Å². The van der Waals surface area contributed by atoms with E-state index >= 15 is 0 Å². The van der Waals surface area contributed by atoms with Crippen molar-refractivity contribution in [3.8, 4) is 0 Å². The lowest BCUT2D eigenvalue weighted by Crippen LogP contribution is -2.22. The summed E-state index contributed by atoms with van der Waals surface area (Å²) in [5, 5.41) is 14.0. The van der Waals surface area contributed by atoms with E-state index < -0.39 is 0 Å². The number of carbonyl (C=O) groups is 1. The predicted molar refractivity (Wildman–Crippen MR) is 108 cm³/mol. The van der Waals surface area contributed by atoms with E-state index in [9.17, 15) is 4.79 Å². The highest BCUT2D eigenvalue weighted by atomic mass is 32.2. The van der Waals surface area contributed by atoms with E-state index in [1.807, 2.05) is 48.9 Å². The van der Waals surface area contributed by atoms with Crippen LogP contribution in [0.1, 0.15) is 30.1 Å². The number of thiophene rings is 1. The molecule has 1 amide bonds. The van der Waals surface area contributed by atoms with E-state index in [2.05, 4.69) is 33.9 Å². The number of aromatic nitrogens is 3. The van der Waals surface area contributed by atoms with E-state index in [1.165, 1.54) is 22.2 Å². The quantitative estimate of drug-likeness (QED) is 0.620. The second kappa shape index (κ2) is 8.51. The van der Waals surface area contributed by atoms with Crippen LogP contribution in [0.2, 0.25) is 0 Å². The third-order valence-corrected chi connectivity index (χ3v) is 6.13. The van der Waals surface area contributed by atoms with Crippen molar-refractivity contribution in [1.29, 1.82) is 0 Å². The van der Waals surface area contributed by atoms with Gasteiger partial charge in [-0.1, -0.05) is 36.9 Å². The van der Waals surface area contributed by atoms with Gasteiger partial charge < -0.3 is 9.88 Å². The summed E-state index contributed by atoms with van der Waals surface area (Å²) in [6.45, 7) is 3.99. The molecule has 5 nitrogen and oxygen atoms in total. The van der Waals surface area contributed by atoms with Gasteiger partial charge in [0.05, 0.1) is 5.25 Å². The van der Waals surface area contributed by atoms with Crippen LogP contribution in [-0.2, 0) is 24.7 Å². The SMILES string of the molecule is CCc1ccc(NC(=O)[C@H](C)Sc2nnc(Cc3cccs3)n2C)cc1. The third-order valence-electron chi connectivity index (χ3n) is 4.12. The van der Waals surface area contributed by atoms with Gasteiger partial charge >= 0.3 is 0 Å². The Morgan fingerprint density at radius 2 is 2.04 bits per heavy atom. The molecule has 2 heterocycles. The van der Waals surface area contributed by atoms with Crippen LogP contribution in [0.3, 0.4) is 0 Å². The first kappa shape index (κ1) is 18.7. The van der Waals surface area contributed by atoms with Crippen LogP contribution in [0.15, 0.2) is 46.9 Å². The summed E-state index contributed by atoms with van der Waals surface area (Å²) in [7, 11) is 1.94. The van der Waals surface area contributed by atoms with Crippen LogP contribution in [0.4, 0.5) is 5.69 Å².